The zero-order valence-corrected chi connectivity index (χ0v) is 23.0. The minimum absolute atomic E-state index is 0.110. The number of nitrogens with two attached hydrogens (primary N) is 3. The summed E-state index contributed by atoms with van der Waals surface area (Å²) < 4.78 is 0. The van der Waals surface area contributed by atoms with E-state index >= 15 is 0 Å². The van der Waals surface area contributed by atoms with Gasteiger partial charge in [-0.15, -0.1) is 0 Å². The summed E-state index contributed by atoms with van der Waals surface area (Å²) in [4.78, 5) is 42.2. The summed E-state index contributed by atoms with van der Waals surface area (Å²) in [5, 5.41) is 16.5. The lowest BCUT2D eigenvalue weighted by molar-refractivity contribution is -0.122. The first-order valence-corrected chi connectivity index (χ1v) is 13.7. The van der Waals surface area contributed by atoms with E-state index in [1.54, 1.807) is 24.3 Å². The highest BCUT2D eigenvalue weighted by atomic mass is 16.3. The number of benzene rings is 2. The van der Waals surface area contributed by atoms with Crippen molar-refractivity contribution in [3.05, 3.63) is 53.6 Å². The summed E-state index contributed by atoms with van der Waals surface area (Å²) in [6.07, 6.45) is 1.94. The van der Waals surface area contributed by atoms with Gasteiger partial charge in [-0.05, 0) is 50.5 Å². The third-order valence-corrected chi connectivity index (χ3v) is 7.41. The average Bonchev–Trinajstić information content (AvgIpc) is 2.94. The van der Waals surface area contributed by atoms with Gasteiger partial charge in [-0.2, -0.15) is 15.0 Å². The predicted octanol–water partition coefficient (Wildman–Crippen LogP) is 1.45. The Morgan fingerprint density at radius 3 is 2.17 bits per heavy atom. The predicted molar refractivity (Wildman–Crippen MR) is 157 cm³/mol. The summed E-state index contributed by atoms with van der Waals surface area (Å²) in [7, 11) is 0. The van der Waals surface area contributed by atoms with Crippen molar-refractivity contribution in [2.75, 3.05) is 46.6 Å². The SMILES string of the molecule is Cc1ccc(C(=O)Nc2ccc(Nc3nc(N4CCC(C(N)=O)CC4)nc(N4C[C@H](N)C[C@H](N)C4)n3)cc2O)cc1. The van der Waals surface area contributed by atoms with Crippen molar-refractivity contribution in [2.24, 2.45) is 23.1 Å². The fourth-order valence-corrected chi connectivity index (χ4v) is 5.14. The first-order valence-electron chi connectivity index (χ1n) is 13.7. The lowest BCUT2D eigenvalue weighted by atomic mass is 9.96. The van der Waals surface area contributed by atoms with Crippen LogP contribution in [0.2, 0.25) is 0 Å². The van der Waals surface area contributed by atoms with Crippen LogP contribution in [-0.2, 0) is 4.79 Å². The normalized spacial score (nSPS) is 19.6. The van der Waals surface area contributed by atoms with Gasteiger partial charge in [0.2, 0.25) is 23.8 Å². The van der Waals surface area contributed by atoms with Crippen LogP contribution in [0.25, 0.3) is 0 Å². The maximum absolute atomic E-state index is 12.6. The third kappa shape index (κ3) is 6.81. The van der Waals surface area contributed by atoms with Crippen LogP contribution in [0.1, 0.15) is 35.2 Å². The summed E-state index contributed by atoms with van der Waals surface area (Å²) >= 11 is 0. The van der Waals surface area contributed by atoms with E-state index in [2.05, 4.69) is 20.6 Å². The Bertz CT molecular complexity index is 1400. The van der Waals surface area contributed by atoms with Gasteiger partial charge < -0.3 is 42.7 Å². The lowest BCUT2D eigenvalue weighted by Gasteiger charge is -2.35. The zero-order chi connectivity index (χ0) is 29.1. The van der Waals surface area contributed by atoms with Gasteiger partial charge >= 0.3 is 0 Å². The molecule has 3 heterocycles. The Morgan fingerprint density at radius 1 is 0.927 bits per heavy atom. The molecule has 2 aromatic carbocycles. The van der Waals surface area contributed by atoms with E-state index < -0.39 is 0 Å². The van der Waals surface area contributed by atoms with Crippen LogP contribution in [-0.4, -0.2) is 70.1 Å². The average molecular weight is 561 g/mol. The fourth-order valence-electron chi connectivity index (χ4n) is 5.14. The van der Waals surface area contributed by atoms with E-state index in [4.69, 9.17) is 22.2 Å². The molecule has 5 rings (SSSR count). The van der Waals surface area contributed by atoms with Crippen LogP contribution >= 0.6 is 0 Å². The van der Waals surface area contributed by atoms with E-state index in [1.165, 1.54) is 6.07 Å². The highest BCUT2D eigenvalue weighted by molar-refractivity contribution is 6.05. The third-order valence-electron chi connectivity index (χ3n) is 7.41. The van der Waals surface area contributed by atoms with Gasteiger partial charge in [0.15, 0.2) is 0 Å². The van der Waals surface area contributed by atoms with Gasteiger partial charge in [0.1, 0.15) is 5.75 Å². The van der Waals surface area contributed by atoms with E-state index in [1.807, 2.05) is 28.9 Å². The van der Waals surface area contributed by atoms with Crippen molar-refractivity contribution in [3.8, 4) is 5.75 Å². The molecule has 2 saturated heterocycles. The number of hydrogen-bond donors (Lipinski definition) is 6. The maximum Gasteiger partial charge on any atom is 0.255 e. The van der Waals surface area contributed by atoms with E-state index in [-0.39, 0.29) is 47.2 Å². The van der Waals surface area contributed by atoms with Crippen LogP contribution in [0, 0.1) is 12.8 Å². The quantitative estimate of drug-likeness (QED) is 0.228. The maximum atomic E-state index is 12.6. The van der Waals surface area contributed by atoms with Gasteiger partial charge in [-0.25, -0.2) is 0 Å². The van der Waals surface area contributed by atoms with Crippen LogP contribution in [0.5, 0.6) is 5.75 Å². The molecular formula is C28H36N10O3. The largest absolute Gasteiger partial charge is 0.506 e. The molecule has 2 fully saturated rings. The molecule has 0 saturated carbocycles. The van der Waals surface area contributed by atoms with E-state index in [9.17, 15) is 14.7 Å². The smallest absolute Gasteiger partial charge is 0.255 e. The van der Waals surface area contributed by atoms with Gasteiger partial charge in [0.05, 0.1) is 5.69 Å². The standard InChI is InChI=1S/C28H36N10O3/c1-16-2-4-18(5-3-16)25(41)33-22-7-6-21(13-23(22)39)32-26-34-27(37-10-8-17(9-11-37)24(31)40)36-28(35-26)38-14-19(29)12-20(30)15-38/h2-7,13,17,19-20,39H,8-12,14-15,29-30H2,1H3,(H2,31,40)(H,33,41)(H,32,34,35,36)/t19-,20+. The number of aromatic nitrogens is 3. The monoisotopic (exact) mass is 560 g/mol. The molecule has 3 aromatic rings. The van der Waals surface area contributed by atoms with Crippen molar-refractivity contribution in [1.29, 1.82) is 0 Å². The molecule has 9 N–H and O–H groups in total. The molecule has 2 atom stereocenters. The first kappa shape index (κ1) is 28.1. The van der Waals surface area contributed by atoms with Crippen molar-refractivity contribution in [2.45, 2.75) is 38.3 Å². The highest BCUT2D eigenvalue weighted by Gasteiger charge is 2.28. The molecule has 2 amide bonds. The number of phenolic OH excluding ortho intramolecular Hbond substituents is 1. The second-order valence-corrected chi connectivity index (χ2v) is 10.8. The first-order chi connectivity index (χ1) is 19.6. The lowest BCUT2D eigenvalue weighted by Crippen LogP contribution is -2.53. The number of piperidine rings is 2. The molecule has 1 aromatic heterocycles. The molecule has 41 heavy (non-hydrogen) atoms. The van der Waals surface area contributed by atoms with Crippen molar-refractivity contribution >= 4 is 41.0 Å². The number of nitrogens with zero attached hydrogens (tertiary/aromatic N) is 5. The molecule has 2 aliphatic heterocycles. The van der Waals surface area contributed by atoms with Gasteiger partial charge in [-0.1, -0.05) is 17.7 Å². The van der Waals surface area contributed by atoms with Gasteiger partial charge in [0.25, 0.3) is 5.91 Å². The zero-order valence-electron chi connectivity index (χ0n) is 23.0. The van der Waals surface area contributed by atoms with Crippen molar-refractivity contribution in [3.63, 3.8) is 0 Å². The number of rotatable bonds is 7. The van der Waals surface area contributed by atoms with Crippen molar-refractivity contribution < 1.29 is 14.7 Å². The number of carbonyl (C=O) groups excluding carboxylic acids is 2. The van der Waals surface area contributed by atoms with Crippen LogP contribution < -0.4 is 37.6 Å². The molecule has 216 valence electrons. The Kier molecular flexibility index (Phi) is 8.17. The number of aryl methyl sites for hydroxylation is 1. The molecular weight excluding hydrogens is 524 g/mol. The Balaban J connectivity index is 1.37. The van der Waals surface area contributed by atoms with Crippen LogP contribution in [0.3, 0.4) is 0 Å². The number of aromatic hydroxyl groups is 1. The molecule has 0 spiro atoms. The summed E-state index contributed by atoms with van der Waals surface area (Å²) in [5.74, 6) is 0.253. The van der Waals surface area contributed by atoms with Crippen molar-refractivity contribution in [1.82, 2.24) is 15.0 Å². The van der Waals surface area contributed by atoms with Crippen LogP contribution in [0.4, 0.5) is 29.2 Å². The number of carbonyl (C=O) groups is 2. The highest BCUT2D eigenvalue weighted by Crippen LogP contribution is 2.30. The number of anilines is 5. The van der Waals surface area contributed by atoms with Gasteiger partial charge in [0, 0.05) is 61.5 Å². The molecule has 2 aliphatic rings. The van der Waals surface area contributed by atoms with E-state index in [0.717, 1.165) is 5.56 Å². The summed E-state index contributed by atoms with van der Waals surface area (Å²) in [6, 6.07) is 11.7. The number of phenols is 1. The number of nitrogens with one attached hydrogen (secondary N) is 2. The molecule has 0 radical (unpaired) electrons. The molecule has 0 aliphatic carbocycles. The molecule has 0 bridgehead atoms. The fraction of sp³-hybridized carbons (Fsp3) is 0.393. The summed E-state index contributed by atoms with van der Waals surface area (Å²) in [5.41, 5.74) is 20.3. The van der Waals surface area contributed by atoms with Gasteiger partial charge in [-0.3, -0.25) is 9.59 Å². The number of amides is 2. The molecule has 13 heteroatoms. The minimum Gasteiger partial charge on any atom is -0.506 e. The number of hydrogen-bond acceptors (Lipinski definition) is 11. The molecule has 13 nitrogen and oxygen atoms in total. The topological polar surface area (TPSA) is 202 Å². The van der Waals surface area contributed by atoms with Crippen LogP contribution in [0.15, 0.2) is 42.5 Å². The minimum atomic E-state index is -0.328. The molecule has 0 unspecified atom stereocenters. The summed E-state index contributed by atoms with van der Waals surface area (Å²) in [6.45, 7) is 4.20. The Labute approximate surface area is 238 Å². The second-order valence-electron chi connectivity index (χ2n) is 10.8. The Morgan fingerprint density at radius 2 is 1.56 bits per heavy atom. The second kappa shape index (κ2) is 11.9. The number of primary amides is 1. The van der Waals surface area contributed by atoms with E-state index in [0.29, 0.717) is 68.6 Å². The Hall–Kier alpha value is -4.49.